The summed E-state index contributed by atoms with van der Waals surface area (Å²) in [7, 11) is 1.53. The molecule has 0 unspecified atom stereocenters. The molecular weight excluding hydrogens is 625 g/mol. The smallest absolute Gasteiger partial charge is 0.348 e. The molecule has 0 aliphatic heterocycles. The van der Waals surface area contributed by atoms with Crippen molar-refractivity contribution >= 4 is 51.9 Å². The fourth-order valence-corrected chi connectivity index (χ4v) is 5.97. The molecule has 12 nitrogen and oxygen atoms in total. The number of methoxy groups -OCH3 is 1. The Hall–Kier alpha value is -4.76. The molecule has 0 spiro atoms. The van der Waals surface area contributed by atoms with Crippen LogP contribution in [0.3, 0.4) is 0 Å². The number of rotatable bonds is 13. The highest BCUT2D eigenvalue weighted by molar-refractivity contribution is 7.99. The number of thioether (sulfide) groups is 1. The van der Waals surface area contributed by atoms with Gasteiger partial charge in [-0.15, -0.1) is 21.5 Å². The van der Waals surface area contributed by atoms with Crippen LogP contribution in [-0.2, 0) is 20.8 Å². The Balaban J connectivity index is 1.53. The maximum atomic E-state index is 13.7. The average molecular weight is 656 g/mol. The number of thiophene rings is 1. The van der Waals surface area contributed by atoms with Crippen LogP contribution in [-0.4, -0.2) is 64.6 Å². The van der Waals surface area contributed by atoms with Gasteiger partial charge in [0.15, 0.2) is 11.0 Å². The van der Waals surface area contributed by atoms with Crippen LogP contribution in [0.5, 0.6) is 5.75 Å². The minimum Gasteiger partial charge on any atom is -0.497 e. The number of nitrogens with zero attached hydrogens (tertiary/aromatic N) is 3. The Labute approximate surface area is 266 Å². The zero-order valence-electron chi connectivity index (χ0n) is 24.8. The summed E-state index contributed by atoms with van der Waals surface area (Å²) in [5.41, 5.74) is 1.34. The lowest BCUT2D eigenvalue weighted by atomic mass is 10.1. The predicted molar refractivity (Wildman–Crippen MR) is 166 cm³/mol. The van der Waals surface area contributed by atoms with E-state index >= 15 is 0 Å². The molecule has 4 aromatic rings. The van der Waals surface area contributed by atoms with Crippen molar-refractivity contribution < 1.29 is 37.8 Å². The fraction of sp³-hybridized carbons (Fsp3) is 0.267. The van der Waals surface area contributed by atoms with Crippen molar-refractivity contribution in [2.45, 2.75) is 32.5 Å². The van der Waals surface area contributed by atoms with Crippen LogP contribution in [0.15, 0.2) is 53.7 Å². The maximum Gasteiger partial charge on any atom is 0.348 e. The summed E-state index contributed by atoms with van der Waals surface area (Å²) in [6, 6.07) is 12.2. The van der Waals surface area contributed by atoms with Crippen LogP contribution in [0, 0.1) is 12.7 Å². The molecule has 236 valence electrons. The second kappa shape index (κ2) is 15.3. The van der Waals surface area contributed by atoms with Crippen molar-refractivity contribution in [3.8, 4) is 11.4 Å². The first kappa shape index (κ1) is 33.1. The van der Waals surface area contributed by atoms with Gasteiger partial charge in [0.25, 0.3) is 5.91 Å². The van der Waals surface area contributed by atoms with Gasteiger partial charge in [-0.25, -0.2) is 14.0 Å². The van der Waals surface area contributed by atoms with Crippen molar-refractivity contribution in [3.63, 3.8) is 0 Å². The first-order valence-electron chi connectivity index (χ1n) is 13.7. The molecule has 0 atom stereocenters. The van der Waals surface area contributed by atoms with Gasteiger partial charge in [0.2, 0.25) is 5.91 Å². The van der Waals surface area contributed by atoms with Crippen molar-refractivity contribution in [2.24, 2.45) is 0 Å². The normalized spacial score (nSPS) is 10.7. The molecule has 2 aromatic heterocycles. The summed E-state index contributed by atoms with van der Waals surface area (Å²) in [5.74, 6) is -1.80. The van der Waals surface area contributed by atoms with E-state index in [2.05, 4.69) is 20.8 Å². The number of amides is 2. The fourth-order valence-electron chi connectivity index (χ4n) is 4.10. The van der Waals surface area contributed by atoms with E-state index in [4.69, 9.17) is 14.2 Å². The van der Waals surface area contributed by atoms with Gasteiger partial charge in [-0.1, -0.05) is 11.8 Å². The molecule has 0 radical (unpaired) electrons. The van der Waals surface area contributed by atoms with Crippen molar-refractivity contribution in [1.29, 1.82) is 0 Å². The first-order valence-corrected chi connectivity index (χ1v) is 15.5. The van der Waals surface area contributed by atoms with Gasteiger partial charge in [0.1, 0.15) is 21.4 Å². The number of hydrogen-bond donors (Lipinski definition) is 2. The lowest BCUT2D eigenvalue weighted by molar-refractivity contribution is -0.113. The third-order valence-electron chi connectivity index (χ3n) is 6.22. The van der Waals surface area contributed by atoms with Gasteiger partial charge in [0, 0.05) is 11.3 Å². The molecule has 0 aliphatic carbocycles. The Morgan fingerprint density at radius 2 is 1.62 bits per heavy atom. The number of hydrogen-bond acceptors (Lipinski definition) is 11. The molecule has 0 saturated heterocycles. The number of carbonyl (C=O) groups is 4. The number of ether oxygens (including phenoxy) is 3. The largest absolute Gasteiger partial charge is 0.497 e. The highest BCUT2D eigenvalue weighted by atomic mass is 32.2. The zero-order chi connectivity index (χ0) is 32.5. The van der Waals surface area contributed by atoms with E-state index in [0.29, 0.717) is 33.5 Å². The predicted octanol–water partition coefficient (Wildman–Crippen LogP) is 4.80. The standard InChI is InChI=1S/C30H30FN5O7S2/c1-5-42-28(39)24-17(3)25(29(40)43-6-2)45-27(24)33-23(37)16-44-30-35-34-22(36(30)20-11-9-19(31)10-12-20)15-32-26(38)18-7-13-21(41-4)14-8-18/h7-14H,5-6,15-16H2,1-4H3,(H,32,38)(H,33,37). The van der Waals surface area contributed by atoms with Gasteiger partial charge < -0.3 is 24.8 Å². The SMILES string of the molecule is CCOC(=O)c1sc(NC(=O)CSc2nnc(CNC(=O)c3ccc(OC)cc3)n2-c2ccc(F)cc2)c(C(=O)OCC)c1C. The number of nitrogens with one attached hydrogen (secondary N) is 2. The third kappa shape index (κ3) is 8.05. The number of halogens is 1. The monoisotopic (exact) mass is 655 g/mol. The van der Waals surface area contributed by atoms with Gasteiger partial charge in [-0.05, 0) is 74.9 Å². The van der Waals surface area contributed by atoms with E-state index < -0.39 is 23.7 Å². The van der Waals surface area contributed by atoms with E-state index in [0.717, 1.165) is 23.1 Å². The van der Waals surface area contributed by atoms with Crippen molar-refractivity contribution in [3.05, 3.63) is 81.7 Å². The number of anilines is 1. The third-order valence-corrected chi connectivity index (χ3v) is 8.33. The minimum absolute atomic E-state index is 0.0179. The molecule has 0 aliphatic rings. The van der Waals surface area contributed by atoms with Crippen LogP contribution < -0.4 is 15.4 Å². The van der Waals surface area contributed by atoms with Crippen LogP contribution in [0.25, 0.3) is 5.69 Å². The van der Waals surface area contributed by atoms with E-state index in [1.807, 2.05) is 0 Å². The van der Waals surface area contributed by atoms with Crippen molar-refractivity contribution in [1.82, 2.24) is 20.1 Å². The number of esters is 2. The molecule has 2 heterocycles. The van der Waals surface area contributed by atoms with E-state index in [9.17, 15) is 23.6 Å². The summed E-state index contributed by atoms with van der Waals surface area (Å²) in [4.78, 5) is 51.2. The summed E-state index contributed by atoms with van der Waals surface area (Å²) >= 11 is 1.95. The maximum absolute atomic E-state index is 13.7. The van der Waals surface area contributed by atoms with Gasteiger partial charge in [-0.3, -0.25) is 14.2 Å². The van der Waals surface area contributed by atoms with Crippen LogP contribution in [0.4, 0.5) is 9.39 Å². The molecule has 0 saturated carbocycles. The minimum atomic E-state index is -0.679. The molecule has 0 fully saturated rings. The Bertz CT molecular complexity index is 1690. The highest BCUT2D eigenvalue weighted by Gasteiger charge is 2.27. The molecule has 0 bridgehead atoms. The molecular formula is C30H30FN5O7S2. The first-order chi connectivity index (χ1) is 21.7. The second-order valence-electron chi connectivity index (χ2n) is 9.16. The molecule has 15 heteroatoms. The summed E-state index contributed by atoms with van der Waals surface area (Å²) in [5, 5.41) is 14.3. The van der Waals surface area contributed by atoms with E-state index in [1.165, 1.54) is 31.4 Å². The van der Waals surface area contributed by atoms with Crippen LogP contribution in [0.2, 0.25) is 0 Å². The zero-order valence-corrected chi connectivity index (χ0v) is 26.5. The number of aromatic nitrogens is 3. The van der Waals surface area contributed by atoms with E-state index in [1.54, 1.807) is 49.6 Å². The van der Waals surface area contributed by atoms with E-state index in [-0.39, 0.29) is 46.9 Å². The van der Waals surface area contributed by atoms with Gasteiger partial charge in [0.05, 0.1) is 38.2 Å². The molecule has 2 N–H and O–H groups in total. The second-order valence-corrected chi connectivity index (χ2v) is 11.1. The lowest BCUT2D eigenvalue weighted by Crippen LogP contribution is -2.24. The Kier molecular flexibility index (Phi) is 11.3. The number of benzene rings is 2. The Morgan fingerprint density at radius 3 is 2.27 bits per heavy atom. The van der Waals surface area contributed by atoms with Crippen LogP contribution >= 0.6 is 23.1 Å². The molecule has 2 aromatic carbocycles. The Morgan fingerprint density at radius 1 is 0.956 bits per heavy atom. The molecule has 4 rings (SSSR count). The van der Waals surface area contributed by atoms with Crippen molar-refractivity contribution in [2.75, 3.05) is 31.4 Å². The quantitative estimate of drug-likeness (QED) is 0.152. The van der Waals surface area contributed by atoms with Gasteiger partial charge >= 0.3 is 11.9 Å². The molecule has 45 heavy (non-hydrogen) atoms. The number of carbonyl (C=O) groups excluding carboxylic acids is 4. The summed E-state index contributed by atoms with van der Waals surface area (Å²) in [6.07, 6.45) is 0. The van der Waals surface area contributed by atoms with Crippen LogP contribution in [0.1, 0.15) is 55.6 Å². The summed E-state index contributed by atoms with van der Waals surface area (Å²) < 4.78 is 30.7. The molecule has 2 amide bonds. The lowest BCUT2D eigenvalue weighted by Gasteiger charge is -2.11. The summed E-state index contributed by atoms with van der Waals surface area (Å²) in [6.45, 7) is 5.13. The highest BCUT2D eigenvalue weighted by Crippen LogP contribution is 2.35. The average Bonchev–Trinajstić information content (AvgIpc) is 3.59. The topological polar surface area (TPSA) is 151 Å². The van der Waals surface area contributed by atoms with Gasteiger partial charge in [-0.2, -0.15) is 0 Å².